The quantitative estimate of drug-likeness (QED) is 0.800. The van der Waals surface area contributed by atoms with Crippen molar-refractivity contribution < 1.29 is 4.74 Å². The summed E-state index contributed by atoms with van der Waals surface area (Å²) in [6.45, 7) is 1.58. The van der Waals surface area contributed by atoms with Crippen molar-refractivity contribution in [2.45, 2.75) is 25.1 Å². The van der Waals surface area contributed by atoms with Crippen molar-refractivity contribution in [2.24, 2.45) is 14.1 Å². The van der Waals surface area contributed by atoms with Crippen molar-refractivity contribution in [1.82, 2.24) is 24.4 Å². The van der Waals surface area contributed by atoms with E-state index < -0.39 is 0 Å². The fraction of sp³-hybridized carbons (Fsp3) is 0.412. The van der Waals surface area contributed by atoms with Crippen LogP contribution in [-0.2, 0) is 25.4 Å². The average molecular weight is 311 g/mol. The van der Waals surface area contributed by atoms with E-state index in [-0.39, 0.29) is 12.1 Å². The number of hydrogen-bond acceptors (Lipinski definition) is 4. The number of hydrogen-bond donors (Lipinski definition) is 1. The van der Waals surface area contributed by atoms with E-state index in [1.165, 1.54) is 5.56 Å². The Morgan fingerprint density at radius 1 is 1.26 bits per heavy atom. The van der Waals surface area contributed by atoms with Crippen LogP contribution < -0.4 is 5.32 Å². The number of nitrogens with zero attached hydrogens (tertiary/aromatic N) is 4. The third-order valence-electron chi connectivity index (χ3n) is 4.56. The molecule has 3 aromatic rings. The third-order valence-corrected chi connectivity index (χ3v) is 4.56. The Balaban J connectivity index is 1.47. The molecule has 0 amide bonds. The molecular weight excluding hydrogens is 290 g/mol. The molecule has 1 aromatic carbocycles. The highest BCUT2D eigenvalue weighted by molar-refractivity contribution is 5.75. The summed E-state index contributed by atoms with van der Waals surface area (Å²) in [7, 11) is 4.02. The lowest BCUT2D eigenvalue weighted by Crippen LogP contribution is -2.32. The van der Waals surface area contributed by atoms with Crippen LogP contribution in [0, 0.1) is 0 Å². The van der Waals surface area contributed by atoms with Gasteiger partial charge in [0, 0.05) is 45.7 Å². The molecule has 0 radical (unpaired) electrons. The van der Waals surface area contributed by atoms with Crippen molar-refractivity contribution in [3.05, 3.63) is 48.3 Å². The summed E-state index contributed by atoms with van der Waals surface area (Å²) >= 11 is 0. The topological polar surface area (TPSA) is 56.9 Å². The van der Waals surface area contributed by atoms with E-state index in [1.54, 1.807) is 0 Å². The average Bonchev–Trinajstić information content (AvgIpc) is 3.26. The zero-order chi connectivity index (χ0) is 15.8. The number of rotatable bonds is 4. The van der Waals surface area contributed by atoms with E-state index in [0.717, 1.165) is 36.4 Å². The van der Waals surface area contributed by atoms with Crippen LogP contribution in [0.4, 0.5) is 0 Å². The van der Waals surface area contributed by atoms with Crippen LogP contribution in [0.15, 0.2) is 36.9 Å². The minimum atomic E-state index is 0.0218. The van der Waals surface area contributed by atoms with Gasteiger partial charge in [-0.3, -0.25) is 0 Å². The van der Waals surface area contributed by atoms with Gasteiger partial charge in [0.1, 0.15) is 11.9 Å². The Bertz CT molecular complexity index is 821. The maximum absolute atomic E-state index is 5.89. The molecule has 1 fully saturated rings. The van der Waals surface area contributed by atoms with E-state index in [4.69, 9.17) is 4.74 Å². The highest BCUT2D eigenvalue weighted by Gasteiger charge is 2.31. The monoisotopic (exact) mass is 311 g/mol. The Kier molecular flexibility index (Phi) is 3.63. The zero-order valence-electron chi connectivity index (χ0n) is 13.4. The lowest BCUT2D eigenvalue weighted by Gasteiger charge is -2.19. The van der Waals surface area contributed by atoms with Crippen molar-refractivity contribution in [1.29, 1.82) is 0 Å². The Morgan fingerprint density at radius 3 is 3.00 bits per heavy atom. The number of aryl methyl sites for hydroxylation is 2. The zero-order valence-corrected chi connectivity index (χ0v) is 13.4. The van der Waals surface area contributed by atoms with Crippen LogP contribution in [0.25, 0.3) is 11.0 Å². The van der Waals surface area contributed by atoms with Crippen LogP contribution in [0.5, 0.6) is 0 Å². The lowest BCUT2D eigenvalue weighted by molar-refractivity contribution is 0.0893. The second kappa shape index (κ2) is 5.79. The molecule has 4 rings (SSSR count). The highest BCUT2D eigenvalue weighted by atomic mass is 16.5. The molecule has 0 aliphatic carbocycles. The second-order valence-corrected chi connectivity index (χ2v) is 6.14. The molecule has 0 saturated carbocycles. The Morgan fingerprint density at radius 2 is 2.17 bits per heavy atom. The van der Waals surface area contributed by atoms with Gasteiger partial charge in [0.05, 0.1) is 17.4 Å². The van der Waals surface area contributed by atoms with E-state index in [2.05, 4.69) is 33.5 Å². The molecule has 0 bridgehead atoms. The normalized spacial score (nSPS) is 21.3. The molecule has 1 saturated heterocycles. The SMILES string of the molecule is Cn1ccnc1[C@H]1OCC[C@@H]1NCc1ccc2c(c1)ncn2C. The highest BCUT2D eigenvalue weighted by Crippen LogP contribution is 2.28. The molecule has 6 heteroatoms. The van der Waals surface area contributed by atoms with Gasteiger partial charge in [0.15, 0.2) is 0 Å². The van der Waals surface area contributed by atoms with Crippen molar-refractivity contribution in [2.75, 3.05) is 6.61 Å². The minimum absolute atomic E-state index is 0.0218. The van der Waals surface area contributed by atoms with E-state index in [0.29, 0.717) is 0 Å². The number of fused-ring (bicyclic) bond motifs is 1. The first kappa shape index (κ1) is 14.4. The maximum Gasteiger partial charge on any atom is 0.139 e. The van der Waals surface area contributed by atoms with Gasteiger partial charge in [-0.25, -0.2) is 9.97 Å². The third kappa shape index (κ3) is 2.64. The number of aromatic nitrogens is 4. The molecular formula is C17H21N5O. The first-order valence-corrected chi connectivity index (χ1v) is 7.94. The molecule has 0 spiro atoms. The Labute approximate surface area is 135 Å². The van der Waals surface area contributed by atoms with Gasteiger partial charge in [-0.1, -0.05) is 6.07 Å². The summed E-state index contributed by atoms with van der Waals surface area (Å²) in [5.41, 5.74) is 3.43. The predicted octanol–water partition coefficient (Wildman–Crippen LogP) is 1.93. The largest absolute Gasteiger partial charge is 0.369 e. The fourth-order valence-electron chi connectivity index (χ4n) is 3.24. The molecule has 2 atom stereocenters. The fourth-order valence-corrected chi connectivity index (χ4v) is 3.24. The first-order valence-electron chi connectivity index (χ1n) is 7.94. The Hall–Kier alpha value is -2.18. The summed E-state index contributed by atoms with van der Waals surface area (Å²) < 4.78 is 9.96. The predicted molar refractivity (Wildman–Crippen MR) is 87.9 cm³/mol. The first-order chi connectivity index (χ1) is 11.2. The number of ether oxygens (including phenoxy) is 1. The second-order valence-electron chi connectivity index (χ2n) is 6.14. The van der Waals surface area contributed by atoms with Gasteiger partial charge in [0.2, 0.25) is 0 Å². The standard InChI is InChI=1S/C17H21N5O/c1-21-7-6-18-17(21)16-13(5-8-23-16)19-10-12-3-4-15-14(9-12)20-11-22(15)2/h3-4,6-7,9,11,13,16,19H,5,8,10H2,1-2H3/t13-,16-/m0/s1. The molecule has 6 nitrogen and oxygen atoms in total. The molecule has 1 aliphatic heterocycles. The number of nitrogens with one attached hydrogen (secondary N) is 1. The summed E-state index contributed by atoms with van der Waals surface area (Å²) in [6, 6.07) is 6.72. The smallest absolute Gasteiger partial charge is 0.139 e. The molecule has 23 heavy (non-hydrogen) atoms. The summed E-state index contributed by atoms with van der Waals surface area (Å²) in [5, 5.41) is 3.62. The number of imidazole rings is 2. The van der Waals surface area contributed by atoms with Crippen LogP contribution >= 0.6 is 0 Å². The molecule has 120 valence electrons. The van der Waals surface area contributed by atoms with Crippen molar-refractivity contribution in [3.63, 3.8) is 0 Å². The number of benzene rings is 1. The van der Waals surface area contributed by atoms with E-state index >= 15 is 0 Å². The maximum atomic E-state index is 5.89. The van der Waals surface area contributed by atoms with Crippen LogP contribution in [0.3, 0.4) is 0 Å². The molecule has 0 unspecified atom stereocenters. The molecule has 2 aromatic heterocycles. The molecule has 1 N–H and O–H groups in total. The van der Waals surface area contributed by atoms with Gasteiger partial charge < -0.3 is 19.2 Å². The summed E-state index contributed by atoms with van der Waals surface area (Å²) in [4.78, 5) is 8.85. The molecule has 3 heterocycles. The van der Waals surface area contributed by atoms with Crippen LogP contribution in [0.1, 0.15) is 23.9 Å². The van der Waals surface area contributed by atoms with Gasteiger partial charge >= 0.3 is 0 Å². The van der Waals surface area contributed by atoms with Gasteiger partial charge in [0.25, 0.3) is 0 Å². The van der Waals surface area contributed by atoms with Gasteiger partial charge in [-0.05, 0) is 24.1 Å². The van der Waals surface area contributed by atoms with Gasteiger partial charge in [-0.2, -0.15) is 0 Å². The summed E-state index contributed by atoms with van der Waals surface area (Å²) in [5.74, 6) is 0.986. The van der Waals surface area contributed by atoms with E-state index in [1.807, 2.05) is 42.0 Å². The van der Waals surface area contributed by atoms with Crippen molar-refractivity contribution in [3.8, 4) is 0 Å². The minimum Gasteiger partial charge on any atom is -0.369 e. The summed E-state index contributed by atoms with van der Waals surface area (Å²) in [6.07, 6.45) is 6.66. The van der Waals surface area contributed by atoms with Crippen LogP contribution in [0.2, 0.25) is 0 Å². The van der Waals surface area contributed by atoms with E-state index in [9.17, 15) is 0 Å². The lowest BCUT2D eigenvalue weighted by atomic mass is 10.1. The van der Waals surface area contributed by atoms with Gasteiger partial charge in [-0.15, -0.1) is 0 Å². The molecule has 1 aliphatic rings. The van der Waals surface area contributed by atoms with Crippen LogP contribution in [-0.4, -0.2) is 31.8 Å². The van der Waals surface area contributed by atoms with Crippen molar-refractivity contribution >= 4 is 11.0 Å².